The van der Waals surface area contributed by atoms with Crippen molar-refractivity contribution < 1.29 is 22.7 Å². The minimum absolute atomic E-state index is 0.0593. The molecule has 0 aromatic heterocycles. The zero-order chi connectivity index (χ0) is 22.3. The Kier molecular flexibility index (Phi) is 7.43. The van der Waals surface area contributed by atoms with Gasteiger partial charge in [-0.3, -0.25) is 10.1 Å². The van der Waals surface area contributed by atoms with Gasteiger partial charge in [-0.1, -0.05) is 43.0 Å². The number of nitrogens with zero attached hydrogens (tertiary/aromatic N) is 1. The van der Waals surface area contributed by atoms with Gasteiger partial charge in [0, 0.05) is 24.8 Å². The van der Waals surface area contributed by atoms with Gasteiger partial charge in [0.1, 0.15) is 6.61 Å². The number of piperidine rings is 1. The topological polar surface area (TPSA) is 105 Å². The van der Waals surface area contributed by atoms with E-state index in [-0.39, 0.29) is 30.0 Å². The Bertz CT molecular complexity index is 1040. The van der Waals surface area contributed by atoms with Gasteiger partial charge in [0.2, 0.25) is 15.9 Å². The highest BCUT2D eigenvalue weighted by molar-refractivity contribution is 7.89. The van der Waals surface area contributed by atoms with Crippen LogP contribution in [0.1, 0.15) is 18.4 Å². The van der Waals surface area contributed by atoms with Crippen molar-refractivity contribution in [3.8, 4) is 0 Å². The van der Waals surface area contributed by atoms with Gasteiger partial charge < -0.3 is 10.1 Å². The number of rotatable bonds is 7. The largest absolute Gasteiger partial charge is 0.444 e. The van der Waals surface area contributed by atoms with Gasteiger partial charge in [0.25, 0.3) is 0 Å². The molecule has 1 fully saturated rings. The number of hydrogen-bond donors (Lipinski definition) is 2. The van der Waals surface area contributed by atoms with Crippen LogP contribution in [0.3, 0.4) is 0 Å². The molecular formula is C22H25N3O5S. The highest BCUT2D eigenvalue weighted by Gasteiger charge is 2.30. The maximum atomic E-state index is 13.1. The smallest absolute Gasteiger partial charge is 0.411 e. The molecule has 0 radical (unpaired) electrons. The molecule has 1 aliphatic rings. The van der Waals surface area contributed by atoms with E-state index in [0.717, 1.165) is 5.56 Å². The molecule has 0 spiro atoms. The second kappa shape index (κ2) is 10.2. The third-order valence-electron chi connectivity index (χ3n) is 4.85. The number of nitrogens with one attached hydrogen (secondary N) is 2. The third-order valence-corrected chi connectivity index (χ3v) is 6.71. The summed E-state index contributed by atoms with van der Waals surface area (Å²) in [5.74, 6) is -0.329. The van der Waals surface area contributed by atoms with Gasteiger partial charge in [-0.25, -0.2) is 13.2 Å². The minimum atomic E-state index is -3.79. The molecule has 1 atom stereocenters. The summed E-state index contributed by atoms with van der Waals surface area (Å²) in [6.07, 6.45) is 1.81. The summed E-state index contributed by atoms with van der Waals surface area (Å²) in [6.45, 7) is 4.06. The zero-order valence-corrected chi connectivity index (χ0v) is 17.8. The normalized spacial score (nSPS) is 16.8. The van der Waals surface area contributed by atoms with Crippen molar-refractivity contribution in [2.75, 3.05) is 18.4 Å². The Labute approximate surface area is 181 Å². The Morgan fingerprint density at radius 1 is 1.16 bits per heavy atom. The lowest BCUT2D eigenvalue weighted by Crippen LogP contribution is -2.49. The molecular weight excluding hydrogens is 418 g/mol. The number of amides is 2. The third kappa shape index (κ3) is 6.16. The van der Waals surface area contributed by atoms with E-state index in [2.05, 4.69) is 17.2 Å². The number of ether oxygens (including phenoxy) is 1. The van der Waals surface area contributed by atoms with E-state index in [0.29, 0.717) is 25.1 Å². The molecule has 1 aliphatic heterocycles. The lowest BCUT2D eigenvalue weighted by molar-refractivity contribution is -0.117. The molecule has 1 heterocycles. The molecule has 8 nitrogen and oxygen atoms in total. The van der Waals surface area contributed by atoms with Crippen molar-refractivity contribution in [2.45, 2.75) is 30.4 Å². The van der Waals surface area contributed by atoms with Gasteiger partial charge in [-0.15, -0.1) is 0 Å². The van der Waals surface area contributed by atoms with Crippen molar-refractivity contribution >= 4 is 27.7 Å². The van der Waals surface area contributed by atoms with Gasteiger partial charge in [0.05, 0.1) is 4.90 Å². The Balaban J connectivity index is 1.64. The number of carbonyl (C=O) groups excluding carboxylic acids is 2. The van der Waals surface area contributed by atoms with Gasteiger partial charge in [-0.05, 0) is 42.7 Å². The standard InChI is InChI=1S/C22H25N3O5S/c1-2-21(26)23-19-11-7-13-25(15-19)31(28,29)20-12-6-10-18(14-20)24-22(27)30-16-17-8-4-3-5-9-17/h2-6,8-10,12,14,19H,1,7,11,13,15-16H2,(H,23,26)(H,24,27)/t19-/m0/s1. The summed E-state index contributed by atoms with van der Waals surface area (Å²) < 4.78 is 32.7. The molecule has 1 saturated heterocycles. The summed E-state index contributed by atoms with van der Waals surface area (Å²) >= 11 is 0. The molecule has 2 aromatic rings. The maximum Gasteiger partial charge on any atom is 0.411 e. The average molecular weight is 444 g/mol. The van der Waals surface area contributed by atoms with Gasteiger partial charge in [0.15, 0.2) is 0 Å². The zero-order valence-electron chi connectivity index (χ0n) is 17.0. The molecule has 2 amide bonds. The lowest BCUT2D eigenvalue weighted by Gasteiger charge is -2.32. The SMILES string of the molecule is C=CC(=O)N[C@H]1CCCN(S(=O)(=O)c2cccc(NC(=O)OCc3ccccc3)c2)C1. The van der Waals surface area contributed by atoms with Gasteiger partial charge >= 0.3 is 6.09 Å². The van der Waals surface area contributed by atoms with E-state index >= 15 is 0 Å². The molecule has 0 unspecified atom stereocenters. The van der Waals surface area contributed by atoms with Crippen LogP contribution in [0.2, 0.25) is 0 Å². The average Bonchev–Trinajstić information content (AvgIpc) is 2.78. The van der Waals surface area contributed by atoms with Gasteiger partial charge in [-0.2, -0.15) is 4.31 Å². The highest BCUT2D eigenvalue weighted by atomic mass is 32.2. The first-order valence-electron chi connectivity index (χ1n) is 9.89. The molecule has 9 heteroatoms. The van der Waals surface area contributed by atoms with Crippen molar-refractivity contribution in [3.05, 3.63) is 72.8 Å². The fourth-order valence-electron chi connectivity index (χ4n) is 3.30. The minimum Gasteiger partial charge on any atom is -0.444 e. The first kappa shape index (κ1) is 22.5. The molecule has 2 aromatic carbocycles. The number of carbonyl (C=O) groups is 2. The number of benzene rings is 2. The molecule has 0 aliphatic carbocycles. The van der Waals surface area contributed by atoms with Crippen LogP contribution in [0.5, 0.6) is 0 Å². The maximum absolute atomic E-state index is 13.1. The molecule has 0 bridgehead atoms. The summed E-state index contributed by atoms with van der Waals surface area (Å²) in [6, 6.07) is 15.0. The van der Waals surface area contributed by atoms with Crippen molar-refractivity contribution in [2.24, 2.45) is 0 Å². The van der Waals surface area contributed by atoms with Crippen LogP contribution in [0.4, 0.5) is 10.5 Å². The molecule has 0 saturated carbocycles. The molecule has 2 N–H and O–H groups in total. The monoisotopic (exact) mass is 443 g/mol. The van der Waals surface area contributed by atoms with Crippen molar-refractivity contribution in [1.29, 1.82) is 0 Å². The van der Waals surface area contributed by atoms with Crippen LogP contribution in [0, 0.1) is 0 Å². The summed E-state index contributed by atoms with van der Waals surface area (Å²) in [5, 5.41) is 5.31. The summed E-state index contributed by atoms with van der Waals surface area (Å²) in [7, 11) is -3.79. The van der Waals surface area contributed by atoms with Crippen LogP contribution in [0.25, 0.3) is 0 Å². The Hall–Kier alpha value is -3.17. The van der Waals surface area contributed by atoms with Crippen LogP contribution in [-0.2, 0) is 26.2 Å². The predicted molar refractivity (Wildman–Crippen MR) is 117 cm³/mol. The lowest BCUT2D eigenvalue weighted by atomic mass is 10.1. The Morgan fingerprint density at radius 2 is 1.94 bits per heavy atom. The highest BCUT2D eigenvalue weighted by Crippen LogP contribution is 2.23. The van der Waals surface area contributed by atoms with Crippen molar-refractivity contribution in [3.63, 3.8) is 0 Å². The quantitative estimate of drug-likeness (QED) is 0.641. The van der Waals surface area contributed by atoms with Crippen LogP contribution in [-0.4, -0.2) is 43.9 Å². The van der Waals surface area contributed by atoms with E-state index in [1.165, 1.54) is 22.5 Å². The second-order valence-corrected chi connectivity index (χ2v) is 9.07. The van der Waals surface area contributed by atoms with Crippen LogP contribution < -0.4 is 10.6 Å². The van der Waals surface area contributed by atoms with Crippen LogP contribution in [0.15, 0.2) is 72.1 Å². The Morgan fingerprint density at radius 3 is 2.68 bits per heavy atom. The van der Waals surface area contributed by atoms with E-state index in [1.54, 1.807) is 12.1 Å². The molecule has 3 rings (SSSR count). The summed E-state index contributed by atoms with van der Waals surface area (Å²) in [4.78, 5) is 23.7. The number of hydrogen-bond acceptors (Lipinski definition) is 5. The first-order valence-corrected chi connectivity index (χ1v) is 11.3. The number of sulfonamides is 1. The first-order chi connectivity index (χ1) is 14.9. The van der Waals surface area contributed by atoms with Crippen LogP contribution >= 0.6 is 0 Å². The van der Waals surface area contributed by atoms with E-state index in [1.807, 2.05) is 30.3 Å². The molecule has 164 valence electrons. The van der Waals surface area contributed by atoms with E-state index in [9.17, 15) is 18.0 Å². The predicted octanol–water partition coefficient (Wildman–Crippen LogP) is 2.89. The fourth-order valence-corrected chi connectivity index (χ4v) is 4.87. The molecule has 31 heavy (non-hydrogen) atoms. The van der Waals surface area contributed by atoms with E-state index in [4.69, 9.17) is 4.74 Å². The fraction of sp³-hybridized carbons (Fsp3) is 0.273. The summed E-state index contributed by atoms with van der Waals surface area (Å²) in [5.41, 5.74) is 1.16. The van der Waals surface area contributed by atoms with E-state index < -0.39 is 16.1 Å². The van der Waals surface area contributed by atoms with Crippen molar-refractivity contribution in [1.82, 2.24) is 9.62 Å². The number of anilines is 1. The second-order valence-electron chi connectivity index (χ2n) is 7.13.